The molecular weight excluding hydrogens is 506 g/mol. The number of nitrogens with one attached hydrogen (secondary N) is 3. The van der Waals surface area contributed by atoms with E-state index >= 15 is 0 Å². The first kappa shape index (κ1) is 33.9. The number of carbonyl (C=O) groups is 5. The van der Waals surface area contributed by atoms with Crippen LogP contribution in [0, 0.1) is 5.92 Å². The number of carboxylic acid groups (broad SMARTS) is 2. The van der Waals surface area contributed by atoms with E-state index in [-0.39, 0.29) is 50.5 Å². The standard InChI is InChI=1S/C22H41N7O7S/c1-12(2)11-16(21(35)36)29-20(34)15(8-10-37-3)28-19(33)14(5-4-9-26-22(24)25)27-18(32)13(23)6-7-17(30)31/h12-16H,4-11,23H2,1-3H3,(H,27,32)(H,28,33)(H,29,34)(H,30,31)(H,35,36)(H4,24,25,26). The zero-order valence-corrected chi connectivity index (χ0v) is 22.4. The largest absolute Gasteiger partial charge is 0.481 e. The van der Waals surface area contributed by atoms with Crippen molar-refractivity contribution in [1.29, 1.82) is 0 Å². The van der Waals surface area contributed by atoms with Gasteiger partial charge in [-0.05, 0) is 50.0 Å². The molecule has 14 nitrogen and oxygen atoms in total. The molecule has 0 saturated heterocycles. The Labute approximate surface area is 220 Å². The quantitative estimate of drug-likeness (QED) is 0.0528. The first-order valence-electron chi connectivity index (χ1n) is 11.9. The maximum atomic E-state index is 13.1. The van der Waals surface area contributed by atoms with E-state index in [9.17, 15) is 29.1 Å². The summed E-state index contributed by atoms with van der Waals surface area (Å²) < 4.78 is 0. The van der Waals surface area contributed by atoms with Gasteiger partial charge in [0.05, 0.1) is 6.04 Å². The molecule has 3 amide bonds. The molecule has 212 valence electrons. The van der Waals surface area contributed by atoms with E-state index in [1.165, 1.54) is 11.8 Å². The molecule has 0 aliphatic rings. The van der Waals surface area contributed by atoms with Gasteiger partial charge in [0.15, 0.2) is 5.96 Å². The summed E-state index contributed by atoms with van der Waals surface area (Å²) in [5, 5.41) is 25.9. The number of nitrogens with two attached hydrogens (primary N) is 3. The number of hydrogen-bond donors (Lipinski definition) is 8. The van der Waals surface area contributed by atoms with Crippen LogP contribution in [0.2, 0.25) is 0 Å². The minimum atomic E-state index is -1.18. The molecule has 37 heavy (non-hydrogen) atoms. The number of carbonyl (C=O) groups excluding carboxylic acids is 3. The molecule has 0 aliphatic carbocycles. The van der Waals surface area contributed by atoms with Crippen molar-refractivity contribution < 1.29 is 34.2 Å². The lowest BCUT2D eigenvalue weighted by atomic mass is 10.0. The van der Waals surface area contributed by atoms with Crippen molar-refractivity contribution in [3.05, 3.63) is 0 Å². The number of hydrogen-bond acceptors (Lipinski definition) is 8. The molecule has 11 N–H and O–H groups in total. The van der Waals surface area contributed by atoms with Crippen molar-refractivity contribution >= 4 is 47.4 Å². The van der Waals surface area contributed by atoms with Crippen LogP contribution < -0.4 is 33.2 Å². The van der Waals surface area contributed by atoms with Gasteiger partial charge >= 0.3 is 11.9 Å². The van der Waals surface area contributed by atoms with Gasteiger partial charge in [0.25, 0.3) is 0 Å². The molecule has 0 aliphatic heterocycles. The fourth-order valence-electron chi connectivity index (χ4n) is 3.20. The van der Waals surface area contributed by atoms with Gasteiger partial charge in [-0.15, -0.1) is 0 Å². The minimum Gasteiger partial charge on any atom is -0.481 e. The Morgan fingerprint density at radius 3 is 1.89 bits per heavy atom. The van der Waals surface area contributed by atoms with Crippen LogP contribution in [-0.4, -0.2) is 88.6 Å². The molecule has 0 aromatic carbocycles. The van der Waals surface area contributed by atoms with E-state index in [0.717, 1.165) is 0 Å². The van der Waals surface area contributed by atoms with Crippen LogP contribution in [0.4, 0.5) is 0 Å². The van der Waals surface area contributed by atoms with Gasteiger partial charge in [-0.2, -0.15) is 11.8 Å². The molecular formula is C22H41N7O7S. The number of rotatable bonds is 19. The molecule has 0 aromatic heterocycles. The normalized spacial score (nSPS) is 14.1. The Balaban J connectivity index is 5.58. The summed E-state index contributed by atoms with van der Waals surface area (Å²) in [5.74, 6) is -3.98. The van der Waals surface area contributed by atoms with E-state index < -0.39 is 53.8 Å². The number of aliphatic carboxylic acids is 2. The summed E-state index contributed by atoms with van der Waals surface area (Å²) in [6.45, 7) is 3.83. The molecule has 0 saturated carbocycles. The highest BCUT2D eigenvalue weighted by Gasteiger charge is 2.30. The van der Waals surface area contributed by atoms with Crippen LogP contribution in [0.3, 0.4) is 0 Å². The van der Waals surface area contributed by atoms with E-state index in [1.807, 2.05) is 20.1 Å². The second-order valence-electron chi connectivity index (χ2n) is 8.92. The lowest BCUT2D eigenvalue weighted by Crippen LogP contribution is -2.57. The zero-order chi connectivity index (χ0) is 28.5. The summed E-state index contributed by atoms with van der Waals surface area (Å²) >= 11 is 1.44. The van der Waals surface area contributed by atoms with E-state index in [0.29, 0.717) is 12.2 Å². The Hall–Kier alpha value is -3.07. The van der Waals surface area contributed by atoms with Crippen LogP contribution >= 0.6 is 11.8 Å². The summed E-state index contributed by atoms with van der Waals surface area (Å²) in [5.41, 5.74) is 16.4. The van der Waals surface area contributed by atoms with Crippen LogP contribution in [0.25, 0.3) is 0 Å². The number of carboxylic acids is 2. The number of guanidine groups is 1. The molecule has 0 spiro atoms. The summed E-state index contributed by atoms with van der Waals surface area (Å²) in [6.07, 6.45) is 2.20. The van der Waals surface area contributed by atoms with Crippen LogP contribution in [-0.2, 0) is 24.0 Å². The minimum absolute atomic E-state index is 0.00998. The van der Waals surface area contributed by atoms with E-state index in [4.69, 9.17) is 22.3 Å². The van der Waals surface area contributed by atoms with Gasteiger partial charge in [0.1, 0.15) is 18.1 Å². The Morgan fingerprint density at radius 2 is 1.41 bits per heavy atom. The Bertz CT molecular complexity index is 806. The Kier molecular flexibility index (Phi) is 16.7. The third-order valence-electron chi connectivity index (χ3n) is 5.15. The van der Waals surface area contributed by atoms with Crippen molar-refractivity contribution in [2.24, 2.45) is 28.1 Å². The number of aliphatic imine (C=N–C) groups is 1. The molecule has 0 aromatic rings. The van der Waals surface area contributed by atoms with Crippen molar-refractivity contribution in [1.82, 2.24) is 16.0 Å². The van der Waals surface area contributed by atoms with Gasteiger partial charge in [-0.25, -0.2) is 4.79 Å². The number of thioether (sulfide) groups is 1. The van der Waals surface area contributed by atoms with Crippen molar-refractivity contribution in [3.63, 3.8) is 0 Å². The second kappa shape index (κ2) is 18.2. The third-order valence-corrected chi connectivity index (χ3v) is 5.79. The van der Waals surface area contributed by atoms with E-state index in [2.05, 4.69) is 20.9 Å². The summed E-state index contributed by atoms with van der Waals surface area (Å²) in [6, 6.07) is -4.45. The first-order chi connectivity index (χ1) is 17.3. The van der Waals surface area contributed by atoms with E-state index in [1.54, 1.807) is 0 Å². The lowest BCUT2D eigenvalue weighted by Gasteiger charge is -2.25. The van der Waals surface area contributed by atoms with Crippen LogP contribution in [0.5, 0.6) is 0 Å². The second-order valence-corrected chi connectivity index (χ2v) is 9.91. The smallest absolute Gasteiger partial charge is 0.326 e. The topological polar surface area (TPSA) is 252 Å². The fourth-order valence-corrected chi connectivity index (χ4v) is 3.67. The molecule has 0 bridgehead atoms. The first-order valence-corrected chi connectivity index (χ1v) is 13.3. The molecule has 4 atom stereocenters. The van der Waals surface area contributed by atoms with Crippen molar-refractivity contribution in [3.8, 4) is 0 Å². The van der Waals surface area contributed by atoms with Crippen LogP contribution in [0.15, 0.2) is 4.99 Å². The zero-order valence-electron chi connectivity index (χ0n) is 21.6. The predicted octanol–water partition coefficient (Wildman–Crippen LogP) is -1.43. The average molecular weight is 548 g/mol. The van der Waals surface area contributed by atoms with Crippen LogP contribution in [0.1, 0.15) is 52.4 Å². The average Bonchev–Trinajstić information content (AvgIpc) is 2.80. The maximum Gasteiger partial charge on any atom is 0.326 e. The summed E-state index contributed by atoms with van der Waals surface area (Å²) in [7, 11) is 0. The highest BCUT2D eigenvalue weighted by atomic mass is 32.2. The molecule has 4 unspecified atom stereocenters. The highest BCUT2D eigenvalue weighted by Crippen LogP contribution is 2.09. The maximum absolute atomic E-state index is 13.1. The SMILES string of the molecule is CSCCC(NC(=O)C(CCCN=C(N)N)NC(=O)C(N)CCC(=O)O)C(=O)NC(CC(C)C)C(=O)O. The molecule has 0 heterocycles. The highest BCUT2D eigenvalue weighted by molar-refractivity contribution is 7.98. The molecule has 0 fully saturated rings. The van der Waals surface area contributed by atoms with Crippen molar-refractivity contribution in [2.45, 2.75) is 76.5 Å². The van der Waals surface area contributed by atoms with Crippen molar-refractivity contribution in [2.75, 3.05) is 18.6 Å². The van der Waals surface area contributed by atoms with Gasteiger partial charge in [-0.3, -0.25) is 24.2 Å². The predicted molar refractivity (Wildman–Crippen MR) is 141 cm³/mol. The Morgan fingerprint density at radius 1 is 0.865 bits per heavy atom. The lowest BCUT2D eigenvalue weighted by molar-refractivity contribution is -0.143. The number of nitrogens with zero attached hydrogens (tertiary/aromatic N) is 1. The third kappa shape index (κ3) is 15.6. The molecule has 0 radical (unpaired) electrons. The fraction of sp³-hybridized carbons (Fsp3) is 0.727. The van der Waals surface area contributed by atoms with Gasteiger partial charge < -0.3 is 43.4 Å². The van der Waals surface area contributed by atoms with Gasteiger partial charge in [-0.1, -0.05) is 13.8 Å². The van der Waals surface area contributed by atoms with Gasteiger partial charge in [0.2, 0.25) is 17.7 Å². The molecule has 15 heteroatoms. The molecule has 0 rings (SSSR count). The summed E-state index contributed by atoms with van der Waals surface area (Å²) in [4.78, 5) is 64.7. The monoisotopic (exact) mass is 547 g/mol. The number of amides is 3. The van der Waals surface area contributed by atoms with Gasteiger partial charge in [0, 0.05) is 13.0 Å².